The number of carbonyl (C=O) groups is 1. The van der Waals surface area contributed by atoms with Gasteiger partial charge in [0.05, 0.1) is 13.3 Å². The number of hydrogen-bond acceptors (Lipinski definition) is 4. The lowest BCUT2D eigenvalue weighted by atomic mass is 9.95. The quantitative estimate of drug-likeness (QED) is 0.767. The summed E-state index contributed by atoms with van der Waals surface area (Å²) in [5.74, 6) is 0.0479. The highest BCUT2D eigenvalue weighted by atomic mass is 16.5. The Morgan fingerprint density at radius 3 is 2.69 bits per heavy atom. The van der Waals surface area contributed by atoms with Crippen molar-refractivity contribution in [3.63, 3.8) is 0 Å². The normalized spacial score (nSPS) is 14.6. The van der Waals surface area contributed by atoms with Gasteiger partial charge in [-0.25, -0.2) is 0 Å². The number of ether oxygens (including phenoxy) is 1. The van der Waals surface area contributed by atoms with E-state index in [9.17, 15) is 9.90 Å². The number of methoxy groups -OCH3 is 1. The smallest absolute Gasteiger partial charge is 0.215 e. The zero-order valence-corrected chi connectivity index (χ0v) is 10.1. The average molecular weight is 226 g/mol. The number of aromatic nitrogens is 2. The van der Waals surface area contributed by atoms with Crippen LogP contribution in [0.4, 0.5) is 0 Å². The first-order valence-electron chi connectivity index (χ1n) is 5.34. The maximum atomic E-state index is 12.1. The topological polar surface area (TPSA) is 64.4 Å². The molecular formula is C11H18N2O3. The Balaban J connectivity index is 3.20. The Kier molecular flexibility index (Phi) is 3.70. The van der Waals surface area contributed by atoms with Crippen LogP contribution in [-0.4, -0.2) is 33.4 Å². The summed E-state index contributed by atoms with van der Waals surface area (Å²) in [6.07, 6.45) is 1.84. The van der Waals surface area contributed by atoms with Gasteiger partial charge in [-0.3, -0.25) is 9.48 Å². The van der Waals surface area contributed by atoms with E-state index in [2.05, 4.69) is 5.10 Å². The molecule has 1 aromatic heterocycles. The Morgan fingerprint density at radius 2 is 2.25 bits per heavy atom. The van der Waals surface area contributed by atoms with Gasteiger partial charge in [0.1, 0.15) is 11.3 Å². The number of aliphatic hydroxyl groups is 1. The zero-order chi connectivity index (χ0) is 12.3. The number of rotatable bonds is 5. The molecule has 0 aliphatic rings. The number of hydrogen-bond donors (Lipinski definition) is 1. The van der Waals surface area contributed by atoms with Gasteiger partial charge < -0.3 is 9.84 Å². The lowest BCUT2D eigenvalue weighted by Crippen LogP contribution is -2.36. The van der Waals surface area contributed by atoms with Gasteiger partial charge in [-0.2, -0.15) is 5.10 Å². The highest BCUT2D eigenvalue weighted by Crippen LogP contribution is 2.24. The molecule has 0 saturated heterocycles. The molecule has 5 heteroatoms. The molecule has 1 unspecified atom stereocenters. The van der Waals surface area contributed by atoms with Crippen LogP contribution in [0, 0.1) is 0 Å². The Morgan fingerprint density at radius 1 is 1.62 bits per heavy atom. The van der Waals surface area contributed by atoms with E-state index in [0.717, 1.165) is 0 Å². The Labute approximate surface area is 95.0 Å². The summed E-state index contributed by atoms with van der Waals surface area (Å²) in [6, 6.07) is 0. The number of carbonyl (C=O) groups excluding carboxylic acids is 1. The van der Waals surface area contributed by atoms with Crippen LogP contribution in [0.1, 0.15) is 37.7 Å². The third kappa shape index (κ3) is 2.09. The van der Waals surface area contributed by atoms with Crippen LogP contribution >= 0.6 is 0 Å². The maximum Gasteiger partial charge on any atom is 0.215 e. The average Bonchev–Trinajstić information content (AvgIpc) is 2.70. The molecule has 0 aromatic carbocycles. The largest absolute Gasteiger partial charge is 0.493 e. The van der Waals surface area contributed by atoms with Crippen molar-refractivity contribution in [2.24, 2.45) is 0 Å². The summed E-state index contributed by atoms with van der Waals surface area (Å²) in [6.45, 7) is 5.70. The molecule has 5 nitrogen and oxygen atoms in total. The predicted octanol–water partition coefficient (Wildman–Crippen LogP) is 1.26. The molecule has 0 aliphatic heterocycles. The predicted molar refractivity (Wildman–Crippen MR) is 59.7 cm³/mol. The summed E-state index contributed by atoms with van der Waals surface area (Å²) >= 11 is 0. The summed E-state index contributed by atoms with van der Waals surface area (Å²) < 4.78 is 6.61. The van der Waals surface area contributed by atoms with E-state index in [1.807, 2.05) is 6.92 Å². The molecule has 0 amide bonds. The van der Waals surface area contributed by atoms with Gasteiger partial charge in [0, 0.05) is 6.54 Å². The number of aryl methyl sites for hydroxylation is 1. The second-order valence-electron chi connectivity index (χ2n) is 3.83. The van der Waals surface area contributed by atoms with Crippen molar-refractivity contribution in [1.29, 1.82) is 0 Å². The Hall–Kier alpha value is -1.36. The van der Waals surface area contributed by atoms with Crippen LogP contribution in [0.3, 0.4) is 0 Å². The van der Waals surface area contributed by atoms with Crippen LogP contribution in [-0.2, 0) is 6.54 Å². The minimum absolute atomic E-state index is 0.330. The lowest BCUT2D eigenvalue weighted by molar-refractivity contribution is 0.0376. The van der Waals surface area contributed by atoms with Gasteiger partial charge in [-0.05, 0) is 20.3 Å². The SMILES string of the molecule is CCn1ncc(OC)c1C(=O)C(C)(O)CC. The van der Waals surface area contributed by atoms with Crippen molar-refractivity contribution in [2.45, 2.75) is 39.3 Å². The van der Waals surface area contributed by atoms with E-state index >= 15 is 0 Å². The molecule has 0 fully saturated rings. The molecule has 1 N–H and O–H groups in total. The van der Waals surface area contributed by atoms with Gasteiger partial charge in [-0.1, -0.05) is 6.92 Å². The molecule has 1 atom stereocenters. The lowest BCUT2D eigenvalue weighted by Gasteiger charge is -2.20. The zero-order valence-electron chi connectivity index (χ0n) is 10.1. The van der Waals surface area contributed by atoms with E-state index < -0.39 is 5.60 Å². The van der Waals surface area contributed by atoms with Crippen molar-refractivity contribution in [3.8, 4) is 5.75 Å². The summed E-state index contributed by atoms with van der Waals surface area (Å²) in [5.41, 5.74) is -1.04. The molecule has 1 aromatic rings. The van der Waals surface area contributed by atoms with Crippen molar-refractivity contribution in [2.75, 3.05) is 7.11 Å². The number of nitrogens with zero attached hydrogens (tertiary/aromatic N) is 2. The van der Waals surface area contributed by atoms with E-state index in [1.165, 1.54) is 24.9 Å². The van der Waals surface area contributed by atoms with Gasteiger partial charge in [0.2, 0.25) is 5.78 Å². The molecule has 1 heterocycles. The highest BCUT2D eigenvalue weighted by molar-refractivity contribution is 6.02. The molecule has 0 radical (unpaired) electrons. The summed E-state index contributed by atoms with van der Waals surface area (Å²) in [4.78, 5) is 12.1. The second-order valence-corrected chi connectivity index (χ2v) is 3.83. The molecule has 0 saturated carbocycles. The molecule has 0 spiro atoms. The standard InChI is InChI=1S/C11H18N2O3/c1-5-11(3,15)10(14)9-8(16-4)7-12-13(9)6-2/h7,15H,5-6H2,1-4H3. The first-order chi connectivity index (χ1) is 7.47. The third-order valence-electron chi connectivity index (χ3n) is 2.72. The molecule has 90 valence electrons. The molecule has 1 rings (SSSR count). The van der Waals surface area contributed by atoms with Crippen LogP contribution in [0.25, 0.3) is 0 Å². The summed E-state index contributed by atoms with van der Waals surface area (Å²) in [7, 11) is 1.48. The fourth-order valence-corrected chi connectivity index (χ4v) is 1.40. The first kappa shape index (κ1) is 12.7. The molecule has 16 heavy (non-hydrogen) atoms. The Bertz CT molecular complexity index is 361. The molecule has 0 aliphatic carbocycles. The fourth-order valence-electron chi connectivity index (χ4n) is 1.40. The van der Waals surface area contributed by atoms with Crippen molar-refractivity contribution in [1.82, 2.24) is 9.78 Å². The third-order valence-corrected chi connectivity index (χ3v) is 2.72. The van der Waals surface area contributed by atoms with Crippen molar-refractivity contribution in [3.05, 3.63) is 11.9 Å². The maximum absolute atomic E-state index is 12.1. The van der Waals surface area contributed by atoms with Gasteiger partial charge in [0.25, 0.3) is 0 Å². The van der Waals surface area contributed by atoms with E-state index in [-0.39, 0.29) is 5.78 Å². The van der Waals surface area contributed by atoms with Crippen LogP contribution in [0.5, 0.6) is 5.75 Å². The van der Waals surface area contributed by atoms with Crippen LogP contribution < -0.4 is 4.74 Å². The van der Waals surface area contributed by atoms with Crippen molar-refractivity contribution >= 4 is 5.78 Å². The van der Waals surface area contributed by atoms with Crippen LogP contribution in [0.15, 0.2) is 6.20 Å². The number of ketones is 1. The first-order valence-corrected chi connectivity index (χ1v) is 5.34. The van der Waals surface area contributed by atoms with Crippen LogP contribution in [0.2, 0.25) is 0 Å². The van der Waals surface area contributed by atoms with Crippen molar-refractivity contribution < 1.29 is 14.6 Å². The molecule has 0 bridgehead atoms. The second kappa shape index (κ2) is 4.65. The fraction of sp³-hybridized carbons (Fsp3) is 0.636. The number of Topliss-reactive ketones (excluding diaryl/α,β-unsaturated/α-hetero) is 1. The summed E-state index contributed by atoms with van der Waals surface area (Å²) in [5, 5.41) is 14.0. The monoisotopic (exact) mass is 226 g/mol. The van der Waals surface area contributed by atoms with E-state index in [1.54, 1.807) is 6.92 Å². The minimum atomic E-state index is -1.37. The van der Waals surface area contributed by atoms with E-state index in [0.29, 0.717) is 24.4 Å². The molecular weight excluding hydrogens is 208 g/mol. The minimum Gasteiger partial charge on any atom is -0.493 e. The van der Waals surface area contributed by atoms with E-state index in [4.69, 9.17) is 4.74 Å². The van der Waals surface area contributed by atoms with Gasteiger partial charge >= 0.3 is 0 Å². The van der Waals surface area contributed by atoms with Gasteiger partial charge in [-0.15, -0.1) is 0 Å². The highest BCUT2D eigenvalue weighted by Gasteiger charge is 2.33. The van der Waals surface area contributed by atoms with Gasteiger partial charge in [0.15, 0.2) is 5.75 Å².